The highest BCUT2D eigenvalue weighted by atomic mass is 79.9. The van der Waals surface area contributed by atoms with Gasteiger partial charge in [0.25, 0.3) is 0 Å². The van der Waals surface area contributed by atoms with E-state index in [0.29, 0.717) is 11.6 Å². The Bertz CT molecular complexity index is 767. The minimum Gasteiger partial charge on any atom is -0.336 e. The molecule has 2 heterocycles. The lowest BCUT2D eigenvalue weighted by Gasteiger charge is -2.11. The first kappa shape index (κ1) is 12.9. The number of anilines is 3. The lowest BCUT2D eigenvalue weighted by Crippen LogP contribution is -2.11. The molecule has 3 rings (SSSR count). The molecule has 0 bridgehead atoms. The lowest BCUT2D eigenvalue weighted by molar-refractivity contribution is 1.11. The van der Waals surface area contributed by atoms with Gasteiger partial charge in [0.15, 0.2) is 17.3 Å². The minimum atomic E-state index is 0.557. The second-order valence-electron chi connectivity index (χ2n) is 4.39. The zero-order chi connectivity index (χ0) is 14.1. The smallest absolute Gasteiger partial charge is 0.180 e. The van der Waals surface area contributed by atoms with Crippen LogP contribution in [-0.4, -0.2) is 14.4 Å². The first-order valence-corrected chi connectivity index (χ1v) is 6.80. The molecule has 0 atom stereocenters. The summed E-state index contributed by atoms with van der Waals surface area (Å²) in [5.74, 6) is 6.64. The van der Waals surface area contributed by atoms with Crippen LogP contribution in [0, 0.1) is 6.92 Å². The number of nitrogens with two attached hydrogens (primary N) is 1. The van der Waals surface area contributed by atoms with Gasteiger partial charge in [-0.1, -0.05) is 6.07 Å². The third-order valence-electron chi connectivity index (χ3n) is 2.90. The van der Waals surface area contributed by atoms with E-state index < -0.39 is 0 Å². The number of hydrogen-bond acceptors (Lipinski definition) is 5. The summed E-state index contributed by atoms with van der Waals surface area (Å²) in [6.45, 7) is 2.04. The quantitative estimate of drug-likeness (QED) is 0.507. The molecular formula is C13H13BrN6. The number of hydrazine groups is 1. The van der Waals surface area contributed by atoms with Gasteiger partial charge in [0.05, 0.1) is 11.9 Å². The summed E-state index contributed by atoms with van der Waals surface area (Å²) in [5.41, 5.74) is 5.37. The van der Waals surface area contributed by atoms with Crippen LogP contribution in [0.5, 0.6) is 0 Å². The van der Waals surface area contributed by atoms with Crippen molar-refractivity contribution in [3.05, 3.63) is 46.8 Å². The van der Waals surface area contributed by atoms with Crippen LogP contribution in [0.15, 0.2) is 41.3 Å². The Morgan fingerprint density at radius 2 is 2.20 bits per heavy atom. The van der Waals surface area contributed by atoms with Crippen molar-refractivity contribution < 1.29 is 0 Å². The third kappa shape index (κ3) is 2.33. The number of nitrogens with one attached hydrogen (secondary N) is 2. The number of fused-ring (bicyclic) bond motifs is 1. The molecule has 2 aromatic heterocycles. The summed E-state index contributed by atoms with van der Waals surface area (Å²) in [4.78, 5) is 8.70. The third-order valence-corrected chi connectivity index (χ3v) is 3.59. The van der Waals surface area contributed by atoms with E-state index in [4.69, 9.17) is 5.84 Å². The number of hydrogen-bond donors (Lipinski definition) is 3. The predicted molar refractivity (Wildman–Crippen MR) is 83.0 cm³/mol. The molecule has 4 N–H and O–H groups in total. The number of rotatable bonds is 3. The number of halogens is 1. The molecule has 3 aromatic rings. The fourth-order valence-electron chi connectivity index (χ4n) is 1.95. The van der Waals surface area contributed by atoms with Crippen molar-refractivity contribution in [1.29, 1.82) is 0 Å². The van der Waals surface area contributed by atoms with Crippen LogP contribution in [0.4, 0.5) is 17.3 Å². The minimum absolute atomic E-state index is 0.557. The summed E-state index contributed by atoms with van der Waals surface area (Å²) >= 11 is 3.52. The van der Waals surface area contributed by atoms with E-state index in [9.17, 15) is 0 Å². The van der Waals surface area contributed by atoms with Crippen molar-refractivity contribution in [2.45, 2.75) is 6.92 Å². The molecule has 0 amide bonds. The van der Waals surface area contributed by atoms with Gasteiger partial charge in [-0.3, -0.25) is 0 Å². The van der Waals surface area contributed by atoms with Gasteiger partial charge in [-0.05, 0) is 40.5 Å². The highest BCUT2D eigenvalue weighted by Crippen LogP contribution is 2.28. The largest absolute Gasteiger partial charge is 0.336 e. The van der Waals surface area contributed by atoms with Crippen LogP contribution in [0.3, 0.4) is 0 Å². The Labute approximate surface area is 124 Å². The van der Waals surface area contributed by atoms with Gasteiger partial charge in [0.1, 0.15) is 0 Å². The van der Waals surface area contributed by atoms with Crippen LogP contribution in [0.25, 0.3) is 5.65 Å². The topological polar surface area (TPSA) is 80.3 Å². The maximum absolute atomic E-state index is 5.44. The number of nitrogens with zero attached hydrogens (tertiary/aromatic N) is 3. The summed E-state index contributed by atoms with van der Waals surface area (Å²) in [6.07, 6.45) is 5.33. The monoisotopic (exact) mass is 332 g/mol. The highest BCUT2D eigenvalue weighted by molar-refractivity contribution is 9.10. The maximum atomic E-state index is 5.44. The molecule has 6 nitrogen and oxygen atoms in total. The Kier molecular flexibility index (Phi) is 3.29. The molecule has 20 heavy (non-hydrogen) atoms. The Morgan fingerprint density at radius 3 is 3.00 bits per heavy atom. The highest BCUT2D eigenvalue weighted by Gasteiger charge is 2.09. The number of aryl methyl sites for hydroxylation is 1. The van der Waals surface area contributed by atoms with Gasteiger partial charge in [-0.15, -0.1) is 0 Å². The molecule has 0 aliphatic rings. The average molecular weight is 333 g/mol. The van der Waals surface area contributed by atoms with Crippen LogP contribution >= 0.6 is 15.9 Å². The molecule has 0 saturated heterocycles. The van der Waals surface area contributed by atoms with E-state index in [1.165, 1.54) is 0 Å². The van der Waals surface area contributed by atoms with Crippen molar-refractivity contribution in [2.24, 2.45) is 5.84 Å². The number of imidazole rings is 1. The molecule has 0 saturated carbocycles. The van der Waals surface area contributed by atoms with E-state index in [0.717, 1.165) is 21.4 Å². The van der Waals surface area contributed by atoms with Crippen molar-refractivity contribution in [1.82, 2.24) is 14.4 Å². The molecule has 0 spiro atoms. The molecule has 0 radical (unpaired) electrons. The standard InChI is InChI=1S/C13H13BrN6/c1-8-2-3-9(14)10(6-8)17-12-13-16-4-5-20(13)7-11(18-12)19-15/h2-7,19H,15H2,1H3,(H,17,18). The first-order valence-electron chi connectivity index (χ1n) is 6.01. The number of aromatic nitrogens is 3. The van der Waals surface area contributed by atoms with Crippen molar-refractivity contribution in [3.8, 4) is 0 Å². The van der Waals surface area contributed by atoms with E-state index in [2.05, 4.69) is 36.6 Å². The van der Waals surface area contributed by atoms with Crippen LogP contribution < -0.4 is 16.6 Å². The lowest BCUT2D eigenvalue weighted by atomic mass is 10.2. The fraction of sp³-hybridized carbons (Fsp3) is 0.0769. The molecule has 7 heteroatoms. The second kappa shape index (κ2) is 5.10. The Morgan fingerprint density at radius 1 is 1.35 bits per heavy atom. The van der Waals surface area contributed by atoms with Gasteiger partial charge < -0.3 is 15.1 Å². The van der Waals surface area contributed by atoms with Gasteiger partial charge in [0.2, 0.25) is 0 Å². The van der Waals surface area contributed by atoms with E-state index in [1.807, 2.05) is 35.7 Å². The average Bonchev–Trinajstić information content (AvgIpc) is 2.91. The summed E-state index contributed by atoms with van der Waals surface area (Å²) in [7, 11) is 0. The van der Waals surface area contributed by atoms with E-state index in [-0.39, 0.29) is 0 Å². The SMILES string of the molecule is Cc1ccc(Br)c(Nc2nc(NN)cn3ccnc23)c1. The Hall–Kier alpha value is -2.12. The van der Waals surface area contributed by atoms with Gasteiger partial charge in [0, 0.05) is 16.9 Å². The molecule has 102 valence electrons. The van der Waals surface area contributed by atoms with E-state index >= 15 is 0 Å². The van der Waals surface area contributed by atoms with Crippen molar-refractivity contribution in [2.75, 3.05) is 10.7 Å². The second-order valence-corrected chi connectivity index (χ2v) is 5.24. The number of benzene rings is 1. The zero-order valence-electron chi connectivity index (χ0n) is 10.8. The van der Waals surface area contributed by atoms with Gasteiger partial charge in [-0.25, -0.2) is 15.8 Å². The van der Waals surface area contributed by atoms with Crippen molar-refractivity contribution in [3.63, 3.8) is 0 Å². The number of nitrogen functional groups attached to an aromatic ring is 1. The fourth-order valence-corrected chi connectivity index (χ4v) is 2.29. The molecule has 0 unspecified atom stereocenters. The predicted octanol–water partition coefficient (Wildman–Crippen LogP) is 2.83. The van der Waals surface area contributed by atoms with Crippen molar-refractivity contribution >= 4 is 38.9 Å². The summed E-state index contributed by atoms with van der Waals surface area (Å²) in [5, 5.41) is 3.28. The molecule has 0 fully saturated rings. The Balaban J connectivity index is 2.09. The molecular weight excluding hydrogens is 320 g/mol. The molecule has 0 aliphatic carbocycles. The summed E-state index contributed by atoms with van der Waals surface area (Å²) in [6, 6.07) is 6.06. The van der Waals surface area contributed by atoms with Gasteiger partial charge in [-0.2, -0.15) is 0 Å². The first-order chi connectivity index (χ1) is 9.67. The zero-order valence-corrected chi connectivity index (χ0v) is 12.3. The van der Waals surface area contributed by atoms with Crippen LogP contribution in [0.2, 0.25) is 0 Å². The molecule has 1 aromatic carbocycles. The van der Waals surface area contributed by atoms with Gasteiger partial charge >= 0.3 is 0 Å². The summed E-state index contributed by atoms with van der Waals surface area (Å²) < 4.78 is 2.81. The van der Waals surface area contributed by atoms with Crippen LogP contribution in [0.1, 0.15) is 5.56 Å². The van der Waals surface area contributed by atoms with Crippen LogP contribution in [-0.2, 0) is 0 Å². The maximum Gasteiger partial charge on any atom is 0.180 e. The normalized spacial score (nSPS) is 10.8. The molecule has 0 aliphatic heterocycles. The van der Waals surface area contributed by atoms with E-state index in [1.54, 1.807) is 12.4 Å².